The highest BCUT2D eigenvalue weighted by Gasteiger charge is 2.21. The van der Waals surface area contributed by atoms with Crippen molar-refractivity contribution >= 4 is 0 Å². The first-order valence-corrected chi connectivity index (χ1v) is 8.80. The van der Waals surface area contributed by atoms with E-state index in [4.69, 9.17) is 0 Å². The van der Waals surface area contributed by atoms with Crippen molar-refractivity contribution < 1.29 is 8.78 Å². The fourth-order valence-electron chi connectivity index (χ4n) is 3.63. The van der Waals surface area contributed by atoms with Gasteiger partial charge in [0.15, 0.2) is 0 Å². The number of allylic oxidation sites excluding steroid dienone is 1. The highest BCUT2D eigenvalue weighted by Crippen LogP contribution is 2.37. The van der Waals surface area contributed by atoms with E-state index >= 15 is 0 Å². The summed E-state index contributed by atoms with van der Waals surface area (Å²) >= 11 is 0. The predicted octanol–water partition coefficient (Wildman–Crippen LogP) is 6.92. The Morgan fingerprint density at radius 3 is 2.27 bits per heavy atom. The van der Waals surface area contributed by atoms with Crippen molar-refractivity contribution in [2.24, 2.45) is 5.92 Å². The number of halogens is 2. The van der Waals surface area contributed by atoms with Gasteiger partial charge >= 0.3 is 0 Å². The van der Waals surface area contributed by atoms with Gasteiger partial charge in [0, 0.05) is 0 Å². The van der Waals surface area contributed by atoms with Crippen LogP contribution in [0.5, 0.6) is 0 Å². The third kappa shape index (κ3) is 5.90. The molecular weight excluding hydrogens is 278 g/mol. The van der Waals surface area contributed by atoms with Crippen molar-refractivity contribution in [3.63, 3.8) is 0 Å². The molecule has 0 spiro atoms. The van der Waals surface area contributed by atoms with Crippen LogP contribution in [-0.2, 0) is 0 Å². The van der Waals surface area contributed by atoms with Gasteiger partial charge in [-0.1, -0.05) is 43.9 Å². The summed E-state index contributed by atoms with van der Waals surface area (Å²) < 4.78 is 24.8. The lowest BCUT2D eigenvalue weighted by molar-refractivity contribution is 0.302. The van der Waals surface area contributed by atoms with E-state index in [1.807, 2.05) is 12.1 Å². The van der Waals surface area contributed by atoms with Gasteiger partial charge in [0.2, 0.25) is 0 Å². The summed E-state index contributed by atoms with van der Waals surface area (Å²) in [5, 5.41) is 0. The van der Waals surface area contributed by atoms with Crippen LogP contribution in [0.25, 0.3) is 0 Å². The number of unbranched alkanes of at least 4 members (excludes halogenated alkanes) is 4. The minimum Gasteiger partial charge on any atom is -0.216 e. The maximum Gasteiger partial charge on any atom is 0.123 e. The van der Waals surface area contributed by atoms with E-state index < -0.39 is 0 Å². The first-order chi connectivity index (χ1) is 10.8. The molecule has 0 radical (unpaired) electrons. The van der Waals surface area contributed by atoms with Crippen LogP contribution in [0.4, 0.5) is 8.78 Å². The molecule has 0 unspecified atom stereocenters. The van der Waals surface area contributed by atoms with Crippen LogP contribution in [0.3, 0.4) is 0 Å². The molecule has 1 fully saturated rings. The number of benzene rings is 1. The van der Waals surface area contributed by atoms with Crippen LogP contribution in [-0.4, -0.2) is 0 Å². The predicted molar refractivity (Wildman–Crippen MR) is 89.0 cm³/mol. The fraction of sp³-hybridized carbons (Fsp3) is 0.600. The summed E-state index contributed by atoms with van der Waals surface area (Å²) in [5.41, 5.74) is 1.31. The zero-order valence-electron chi connectivity index (χ0n) is 13.4. The molecule has 0 heterocycles. The second-order valence-corrected chi connectivity index (χ2v) is 6.62. The minimum atomic E-state index is -0.139. The third-order valence-corrected chi connectivity index (χ3v) is 5.01. The van der Waals surface area contributed by atoms with Gasteiger partial charge in [-0.2, -0.15) is 0 Å². The zero-order valence-corrected chi connectivity index (χ0v) is 13.4. The third-order valence-electron chi connectivity index (χ3n) is 5.01. The lowest BCUT2D eigenvalue weighted by atomic mass is 9.77. The van der Waals surface area contributed by atoms with Crippen LogP contribution >= 0.6 is 0 Å². The van der Waals surface area contributed by atoms with E-state index in [0.29, 0.717) is 12.2 Å². The van der Waals surface area contributed by atoms with Crippen LogP contribution in [0.2, 0.25) is 0 Å². The lowest BCUT2D eigenvalue weighted by Crippen LogP contribution is -2.13. The summed E-state index contributed by atoms with van der Waals surface area (Å²) in [4.78, 5) is 0. The van der Waals surface area contributed by atoms with E-state index in [-0.39, 0.29) is 5.82 Å². The molecule has 1 saturated carbocycles. The van der Waals surface area contributed by atoms with E-state index in [0.717, 1.165) is 18.8 Å². The van der Waals surface area contributed by atoms with Crippen molar-refractivity contribution in [3.05, 3.63) is 48.1 Å². The van der Waals surface area contributed by atoms with Crippen LogP contribution in [0, 0.1) is 11.7 Å². The molecule has 1 aliphatic rings. The molecule has 0 amide bonds. The summed E-state index contributed by atoms with van der Waals surface area (Å²) in [7, 11) is 0. The number of rotatable bonds is 8. The molecule has 0 aromatic heterocycles. The molecule has 0 atom stereocenters. The molecule has 0 aliphatic heterocycles. The first-order valence-electron chi connectivity index (χ1n) is 8.80. The average Bonchev–Trinajstić information content (AvgIpc) is 2.55. The fourth-order valence-corrected chi connectivity index (χ4v) is 3.63. The van der Waals surface area contributed by atoms with Gasteiger partial charge in [-0.25, -0.2) is 8.78 Å². The topological polar surface area (TPSA) is 0 Å². The zero-order chi connectivity index (χ0) is 15.6. The molecule has 2 heteroatoms. The van der Waals surface area contributed by atoms with E-state index in [1.54, 1.807) is 18.2 Å². The summed E-state index contributed by atoms with van der Waals surface area (Å²) in [5.74, 6) is 1.37. The molecule has 22 heavy (non-hydrogen) atoms. The average molecular weight is 306 g/mol. The Kier molecular flexibility index (Phi) is 7.62. The van der Waals surface area contributed by atoms with E-state index in [2.05, 4.69) is 0 Å². The molecule has 2 rings (SSSR count). The van der Waals surface area contributed by atoms with Crippen molar-refractivity contribution in [1.82, 2.24) is 0 Å². The van der Waals surface area contributed by atoms with Crippen molar-refractivity contribution in [2.45, 2.75) is 70.1 Å². The molecule has 1 aromatic carbocycles. The molecule has 1 aromatic rings. The Morgan fingerprint density at radius 2 is 1.59 bits per heavy atom. The van der Waals surface area contributed by atoms with Gasteiger partial charge < -0.3 is 0 Å². The van der Waals surface area contributed by atoms with Gasteiger partial charge in [0.25, 0.3) is 0 Å². The second-order valence-electron chi connectivity index (χ2n) is 6.62. The van der Waals surface area contributed by atoms with Gasteiger partial charge in [-0.3, -0.25) is 0 Å². The molecule has 0 N–H and O–H groups in total. The van der Waals surface area contributed by atoms with Crippen LogP contribution in [0.1, 0.15) is 75.7 Å². The van der Waals surface area contributed by atoms with E-state index in [9.17, 15) is 8.78 Å². The second kappa shape index (κ2) is 9.76. The Balaban J connectivity index is 1.58. The number of hydrogen-bond donors (Lipinski definition) is 0. The Labute approximate surface area is 133 Å². The minimum absolute atomic E-state index is 0.139. The summed E-state index contributed by atoms with van der Waals surface area (Å²) in [6.45, 7) is 0. The maximum absolute atomic E-state index is 13.0. The van der Waals surface area contributed by atoms with Crippen molar-refractivity contribution in [2.75, 3.05) is 0 Å². The van der Waals surface area contributed by atoms with Gasteiger partial charge in [0.05, 0.1) is 6.33 Å². The maximum atomic E-state index is 13.0. The van der Waals surface area contributed by atoms with Crippen LogP contribution in [0.15, 0.2) is 36.7 Å². The van der Waals surface area contributed by atoms with Gasteiger partial charge in [-0.05, 0) is 68.1 Å². The largest absolute Gasteiger partial charge is 0.216 e. The molecule has 122 valence electrons. The van der Waals surface area contributed by atoms with Gasteiger partial charge in [-0.15, -0.1) is 0 Å². The molecule has 1 aliphatic carbocycles. The van der Waals surface area contributed by atoms with Crippen molar-refractivity contribution in [3.8, 4) is 0 Å². The molecule has 0 bridgehead atoms. The summed E-state index contributed by atoms with van der Waals surface area (Å²) in [6, 6.07) is 7.07. The van der Waals surface area contributed by atoms with E-state index in [1.165, 1.54) is 56.9 Å². The van der Waals surface area contributed by atoms with Crippen molar-refractivity contribution in [1.29, 1.82) is 0 Å². The highest BCUT2D eigenvalue weighted by molar-refractivity contribution is 5.20. The number of hydrogen-bond acceptors (Lipinski definition) is 0. The van der Waals surface area contributed by atoms with Crippen LogP contribution < -0.4 is 0 Å². The monoisotopic (exact) mass is 306 g/mol. The smallest absolute Gasteiger partial charge is 0.123 e. The van der Waals surface area contributed by atoms with Gasteiger partial charge in [0.1, 0.15) is 5.82 Å². The standard InChI is InChI=1S/C20H28F2/c21-16-6-4-2-1-3-5-7-17-8-10-18(11-9-17)19-12-14-20(22)15-13-19/h6,12-18H,1-5,7-11H2. The Bertz CT molecular complexity index is 428. The molecule has 0 saturated heterocycles. The summed E-state index contributed by atoms with van der Waals surface area (Å²) in [6.07, 6.45) is 14.5. The Hall–Kier alpha value is -1.18. The SMILES string of the molecule is FC=CCCCCCCC1CCC(c2ccc(F)cc2)CC1. The first kappa shape index (κ1) is 17.2. The quantitative estimate of drug-likeness (QED) is 0.457. The highest BCUT2D eigenvalue weighted by atomic mass is 19.1. The Morgan fingerprint density at radius 1 is 0.909 bits per heavy atom. The normalized spacial score (nSPS) is 22.3. The molecular formula is C20H28F2. The molecule has 0 nitrogen and oxygen atoms in total. The lowest BCUT2D eigenvalue weighted by Gasteiger charge is -2.28.